The van der Waals surface area contributed by atoms with Gasteiger partial charge in [0.25, 0.3) is 5.91 Å². The zero-order chi connectivity index (χ0) is 52.9. The molecule has 1 saturated heterocycles. The molecule has 2 N–H and O–H groups in total. The number of quaternary nitrogens is 1. The molecule has 1 saturated carbocycles. The van der Waals surface area contributed by atoms with Gasteiger partial charge >= 0.3 is 76.8 Å². The molecule has 0 aromatic carbocycles. The summed E-state index contributed by atoms with van der Waals surface area (Å²) >= 11 is 24.0. The molecule has 2 fully saturated rings. The first-order chi connectivity index (χ1) is 30.9. The van der Waals surface area contributed by atoms with Crippen LogP contribution in [0.2, 0.25) is 0 Å². The topological polar surface area (TPSA) is 194 Å². The number of primary amides is 1. The summed E-state index contributed by atoms with van der Waals surface area (Å²) in [6.45, 7) is 4.08. The number of amides is 1. The van der Waals surface area contributed by atoms with Gasteiger partial charge in [-0.05, 0) is 102 Å². The van der Waals surface area contributed by atoms with Crippen molar-refractivity contribution in [1.29, 1.82) is 0 Å². The molecule has 0 bridgehead atoms. The summed E-state index contributed by atoms with van der Waals surface area (Å²) in [5.74, 6) is -0.378. The number of hydrogen-bond acceptors (Lipinski definition) is 14. The first-order valence-corrected chi connectivity index (χ1v) is 36.4. The predicted octanol–water partition coefficient (Wildman–Crippen LogP) is 6.24. The van der Waals surface area contributed by atoms with Crippen LogP contribution < -0.4 is 5.73 Å². The fourth-order valence-corrected chi connectivity index (χ4v) is 7.49. The van der Waals surface area contributed by atoms with E-state index in [1.165, 1.54) is 34.6 Å². The SMILES string of the molecule is CC(=O)CC(C)=O.CN(C)C(CCl)CCl.CN(C)C1C=C(C(N)=O)C(=O)CC1.COC(=O)C1=CC(N(C)C)CCC1=O.COC(=O)C1CC(N(C)C)CCC1=O.C[N+]1(C)CC1CCl.Cl.[I][V]([I])[I]. The van der Waals surface area contributed by atoms with E-state index in [1.54, 1.807) is 12.2 Å². The van der Waals surface area contributed by atoms with Crippen LogP contribution in [0.5, 0.6) is 0 Å². The average Bonchev–Trinajstić information content (AvgIpc) is 3.87. The van der Waals surface area contributed by atoms with Gasteiger partial charge in [0.15, 0.2) is 17.6 Å². The van der Waals surface area contributed by atoms with Gasteiger partial charge < -0.3 is 39.3 Å². The minimum absolute atomic E-state index is 0. The maximum absolute atomic E-state index is 11.4. The van der Waals surface area contributed by atoms with Gasteiger partial charge in [0.05, 0.1) is 46.2 Å². The van der Waals surface area contributed by atoms with Crippen molar-refractivity contribution < 1.29 is 57.2 Å². The van der Waals surface area contributed by atoms with E-state index in [0.717, 1.165) is 35.7 Å². The Kier molecular flexibility index (Phi) is 44.2. The number of rotatable bonds is 12. The number of likely N-dealkylation sites (N-methyl/N-ethyl adjacent to an activating group) is 3. The molecule has 68 heavy (non-hydrogen) atoms. The van der Waals surface area contributed by atoms with Crippen molar-refractivity contribution in [2.45, 2.75) is 95.4 Å². The van der Waals surface area contributed by atoms with Crippen LogP contribution in [-0.2, 0) is 52.8 Å². The van der Waals surface area contributed by atoms with Crippen LogP contribution in [0.3, 0.4) is 0 Å². The normalized spacial score (nSPS) is 21.1. The van der Waals surface area contributed by atoms with E-state index in [1.807, 2.05) is 71.1 Å². The second-order valence-electron chi connectivity index (χ2n) is 17.4. The van der Waals surface area contributed by atoms with E-state index in [4.69, 9.17) is 40.5 Å². The van der Waals surface area contributed by atoms with Crippen molar-refractivity contribution in [3.63, 3.8) is 0 Å². The molecule has 5 atom stereocenters. The molecule has 1 heterocycles. The van der Waals surface area contributed by atoms with Gasteiger partial charge in [-0.1, -0.05) is 6.08 Å². The first kappa shape index (κ1) is 74.5. The zero-order valence-corrected chi connectivity index (χ0v) is 53.1. The van der Waals surface area contributed by atoms with Crippen LogP contribution in [0, 0.1) is 5.92 Å². The Labute approximate surface area is 465 Å². The van der Waals surface area contributed by atoms with Crippen LogP contribution >= 0.6 is 107 Å². The average molecular weight is 1420 g/mol. The van der Waals surface area contributed by atoms with Gasteiger partial charge in [0.2, 0.25) is 0 Å². The monoisotopic (exact) mass is 1420 g/mol. The molecule has 0 aromatic rings. The number of carbonyl (C=O) groups excluding carboxylic acids is 8. The van der Waals surface area contributed by atoms with E-state index in [0.29, 0.717) is 49.5 Å². The Bertz CT molecular complexity index is 1640. The second kappa shape index (κ2) is 40.4. The summed E-state index contributed by atoms with van der Waals surface area (Å²) in [5.41, 5.74) is 5.42. The van der Waals surface area contributed by atoms with E-state index < -0.39 is 17.8 Å². The summed E-state index contributed by atoms with van der Waals surface area (Å²) in [5, 5.41) is 0. The summed E-state index contributed by atoms with van der Waals surface area (Å²) in [4.78, 5) is 95.2. The van der Waals surface area contributed by atoms with Crippen LogP contribution in [0.1, 0.15) is 65.2 Å². The van der Waals surface area contributed by atoms with Gasteiger partial charge in [-0.3, -0.25) is 33.6 Å². The van der Waals surface area contributed by atoms with Crippen molar-refractivity contribution in [2.75, 3.05) is 109 Å². The Morgan fingerprint density at radius 3 is 1.41 bits per heavy atom. The third-order valence-electron chi connectivity index (χ3n) is 10.8. The number of ether oxygens (including phenoxy) is 2. The van der Waals surface area contributed by atoms with Crippen molar-refractivity contribution in [1.82, 2.24) is 19.6 Å². The quantitative estimate of drug-likeness (QED) is 0.0439. The Morgan fingerprint density at radius 1 is 0.750 bits per heavy atom. The molecular weight excluding hydrogens is 1350 g/mol. The van der Waals surface area contributed by atoms with Crippen molar-refractivity contribution in [3.8, 4) is 0 Å². The van der Waals surface area contributed by atoms with Gasteiger partial charge in [-0.2, -0.15) is 0 Å². The van der Waals surface area contributed by atoms with Crippen LogP contribution in [0.4, 0.5) is 0 Å². The molecule has 396 valence electrons. The first-order valence-electron chi connectivity index (χ1n) is 21.3. The van der Waals surface area contributed by atoms with E-state index in [2.05, 4.69) is 88.4 Å². The van der Waals surface area contributed by atoms with Crippen LogP contribution in [0.15, 0.2) is 23.3 Å². The van der Waals surface area contributed by atoms with Gasteiger partial charge in [0, 0.05) is 55.2 Å². The van der Waals surface area contributed by atoms with Crippen molar-refractivity contribution >= 4 is 154 Å². The Balaban J connectivity index is -0.000000362. The number of esters is 2. The zero-order valence-electron chi connectivity index (χ0n) is 42.1. The number of methoxy groups -OCH3 is 2. The number of halogens is 7. The van der Waals surface area contributed by atoms with Crippen LogP contribution in [0.25, 0.3) is 0 Å². The number of alkyl halides is 3. The molecule has 0 radical (unpaired) electrons. The number of Topliss-reactive ketones (excluding diaryl/α,β-unsaturated/α-hetero) is 5. The molecule has 24 heteroatoms. The van der Waals surface area contributed by atoms with E-state index >= 15 is 0 Å². The molecule has 3 aliphatic carbocycles. The fraction of sp³-hybridized carbons (Fsp3) is 0.727. The summed E-state index contributed by atoms with van der Waals surface area (Å²) in [6.07, 6.45) is 7.74. The van der Waals surface area contributed by atoms with Crippen molar-refractivity contribution in [2.24, 2.45) is 11.7 Å². The molecule has 4 rings (SSSR count). The summed E-state index contributed by atoms with van der Waals surface area (Å²) < 4.78 is 10.3. The molecule has 1 amide bonds. The summed E-state index contributed by atoms with van der Waals surface area (Å²) in [7, 11) is 22.6. The molecule has 1 aliphatic heterocycles. The number of carbonyl (C=O) groups is 8. The number of hydrogen-bond donors (Lipinski definition) is 1. The molecule has 4 aliphatic rings. The Morgan fingerprint density at radius 2 is 1.16 bits per heavy atom. The molecule has 16 nitrogen and oxygen atoms in total. The molecular formula is C44H77Cl4I3N6O10V+. The molecule has 0 spiro atoms. The molecule has 5 unspecified atom stereocenters. The van der Waals surface area contributed by atoms with Gasteiger partial charge in [-0.25, -0.2) is 4.79 Å². The number of nitrogens with two attached hydrogens (primary N) is 1. The Hall–Kier alpha value is -0.0256. The van der Waals surface area contributed by atoms with E-state index in [9.17, 15) is 38.4 Å². The van der Waals surface area contributed by atoms with Gasteiger partial charge in [-0.15, -0.1) is 47.2 Å². The third kappa shape index (κ3) is 34.4. The fourth-order valence-electron chi connectivity index (χ4n) is 6.13. The van der Waals surface area contributed by atoms with E-state index in [-0.39, 0.29) is 81.9 Å². The maximum atomic E-state index is 11.4. The van der Waals surface area contributed by atoms with Crippen molar-refractivity contribution in [3.05, 3.63) is 23.3 Å². The molecule has 0 aromatic heterocycles. The third-order valence-corrected chi connectivity index (χ3v) is 11.9. The minimum atomic E-state index is -0.614. The van der Waals surface area contributed by atoms with Crippen LogP contribution in [-0.4, -0.2) is 210 Å². The second-order valence-corrected chi connectivity index (χ2v) is 53.7. The van der Waals surface area contributed by atoms with Gasteiger partial charge in [0.1, 0.15) is 35.4 Å². The number of nitrogens with zero attached hydrogens (tertiary/aromatic N) is 5. The number of ketones is 5. The predicted molar refractivity (Wildman–Crippen MR) is 298 cm³/mol. The summed E-state index contributed by atoms with van der Waals surface area (Å²) in [6, 6.07) is 1.69. The standard InChI is InChI=1S/C10H17NO3.C10H15NO3.C9H14N2O2.C5H11Cl2N.C5H11ClN.C5H8O2.ClH.3HI.V/c2*1-11(2)7-4-5-9(12)8(6-7)10(13)14-3;1-11(2)6-3-4-8(12)7(5-6)9(10)13;1-8(2)5(3-6)4-7;1-7(2)4-5(7)3-6;1-4(6)3-5(2)7;;;;;/h7-8H,4-6H2,1-3H3;6-7H,4-5H2,1-3H3;5-6H,3-4H2,1-2H3,(H2,10,13);5H,3-4H2,1-2H3;5H,3-4H2,1-2H3;3H2,1-2H3;4*1H;/q;;;;+1;;;;;;+3/p-3.